The molecule has 128 valence electrons. The van der Waals surface area contributed by atoms with E-state index >= 15 is 0 Å². The summed E-state index contributed by atoms with van der Waals surface area (Å²) in [5.74, 6) is 2.10. The summed E-state index contributed by atoms with van der Waals surface area (Å²) in [6.45, 7) is 2.55. The zero-order valence-electron chi connectivity index (χ0n) is 14.2. The maximum absolute atomic E-state index is 5.95. The first kappa shape index (κ1) is 16.6. The highest BCUT2D eigenvalue weighted by atomic mass is 16.5. The van der Waals surface area contributed by atoms with E-state index in [4.69, 9.17) is 15.2 Å². The summed E-state index contributed by atoms with van der Waals surface area (Å²) in [5.41, 5.74) is 9.03. The van der Waals surface area contributed by atoms with Crippen molar-refractivity contribution in [1.82, 2.24) is 9.97 Å². The van der Waals surface area contributed by atoms with Crippen molar-refractivity contribution in [2.45, 2.75) is 6.92 Å². The first-order valence-corrected chi connectivity index (χ1v) is 7.96. The Labute approximate surface area is 146 Å². The smallest absolute Gasteiger partial charge is 0.141 e. The maximum Gasteiger partial charge on any atom is 0.141 e. The van der Waals surface area contributed by atoms with Crippen LogP contribution in [0.4, 0.5) is 17.2 Å². The van der Waals surface area contributed by atoms with E-state index in [1.54, 1.807) is 13.2 Å². The van der Waals surface area contributed by atoms with Gasteiger partial charge in [-0.05, 0) is 37.3 Å². The predicted molar refractivity (Wildman–Crippen MR) is 99.3 cm³/mol. The van der Waals surface area contributed by atoms with Gasteiger partial charge in [0.1, 0.15) is 23.6 Å². The molecule has 3 N–H and O–H groups in total. The Morgan fingerprint density at radius 2 is 1.88 bits per heavy atom. The van der Waals surface area contributed by atoms with Crippen LogP contribution < -0.4 is 20.5 Å². The lowest BCUT2D eigenvalue weighted by Gasteiger charge is -2.12. The molecule has 0 aliphatic rings. The van der Waals surface area contributed by atoms with E-state index in [-0.39, 0.29) is 0 Å². The number of anilines is 3. The minimum atomic E-state index is 0.559. The van der Waals surface area contributed by atoms with Crippen molar-refractivity contribution in [1.29, 1.82) is 0 Å². The lowest BCUT2D eigenvalue weighted by atomic mass is 10.1. The number of methoxy groups -OCH3 is 1. The van der Waals surface area contributed by atoms with Crippen LogP contribution in [0.25, 0.3) is 11.3 Å². The van der Waals surface area contributed by atoms with Crippen molar-refractivity contribution >= 4 is 17.2 Å². The summed E-state index contributed by atoms with van der Waals surface area (Å²) in [5, 5.41) is 3.23. The molecule has 0 radical (unpaired) electrons. The second-order valence-electron chi connectivity index (χ2n) is 5.30. The molecule has 0 aliphatic carbocycles. The van der Waals surface area contributed by atoms with E-state index in [0.29, 0.717) is 23.9 Å². The van der Waals surface area contributed by atoms with Gasteiger partial charge in [-0.2, -0.15) is 0 Å². The van der Waals surface area contributed by atoms with Crippen LogP contribution in [0.1, 0.15) is 6.92 Å². The summed E-state index contributed by atoms with van der Waals surface area (Å²) in [6, 6.07) is 15.2. The SMILES string of the molecule is CCOc1ccccc1-c1cc(Nc2ccc(OC)c(N)c2)ncn1. The number of hydrogen-bond donors (Lipinski definition) is 2. The van der Waals surface area contributed by atoms with E-state index in [9.17, 15) is 0 Å². The Hall–Kier alpha value is -3.28. The van der Waals surface area contributed by atoms with Crippen LogP contribution in [0.3, 0.4) is 0 Å². The molecule has 0 bridgehead atoms. The quantitative estimate of drug-likeness (QED) is 0.665. The Morgan fingerprint density at radius 1 is 1.04 bits per heavy atom. The number of nitrogen functional groups attached to an aromatic ring is 1. The number of nitrogens with zero attached hydrogens (tertiary/aromatic N) is 2. The summed E-state index contributed by atoms with van der Waals surface area (Å²) >= 11 is 0. The Kier molecular flexibility index (Phi) is 4.99. The average Bonchev–Trinajstić information content (AvgIpc) is 2.63. The molecule has 3 aromatic rings. The summed E-state index contributed by atoms with van der Waals surface area (Å²) in [6.07, 6.45) is 1.52. The van der Waals surface area contributed by atoms with E-state index < -0.39 is 0 Å². The van der Waals surface area contributed by atoms with Gasteiger partial charge < -0.3 is 20.5 Å². The van der Waals surface area contributed by atoms with Crippen LogP contribution >= 0.6 is 0 Å². The normalized spacial score (nSPS) is 10.3. The molecule has 0 atom stereocenters. The number of aromatic nitrogens is 2. The monoisotopic (exact) mass is 336 g/mol. The molecule has 0 aliphatic heterocycles. The van der Waals surface area contributed by atoms with Crippen molar-refractivity contribution < 1.29 is 9.47 Å². The molecule has 0 saturated heterocycles. The number of nitrogens with two attached hydrogens (primary N) is 1. The van der Waals surface area contributed by atoms with E-state index in [1.807, 2.05) is 49.4 Å². The first-order chi connectivity index (χ1) is 12.2. The summed E-state index contributed by atoms with van der Waals surface area (Å²) in [4.78, 5) is 8.64. The first-order valence-electron chi connectivity index (χ1n) is 7.96. The van der Waals surface area contributed by atoms with Gasteiger partial charge in [-0.1, -0.05) is 12.1 Å². The van der Waals surface area contributed by atoms with Crippen LogP contribution in [0.15, 0.2) is 54.9 Å². The van der Waals surface area contributed by atoms with Gasteiger partial charge in [-0.25, -0.2) is 9.97 Å². The number of ether oxygens (including phenoxy) is 2. The highest BCUT2D eigenvalue weighted by Gasteiger charge is 2.09. The van der Waals surface area contributed by atoms with E-state index in [0.717, 1.165) is 22.7 Å². The second kappa shape index (κ2) is 7.53. The molecule has 0 unspecified atom stereocenters. The van der Waals surface area contributed by atoms with Gasteiger partial charge in [0.05, 0.1) is 25.1 Å². The molecule has 2 aromatic carbocycles. The van der Waals surface area contributed by atoms with Gasteiger partial charge in [0.15, 0.2) is 0 Å². The highest BCUT2D eigenvalue weighted by molar-refractivity contribution is 5.71. The van der Waals surface area contributed by atoms with Gasteiger partial charge in [0, 0.05) is 17.3 Å². The fourth-order valence-electron chi connectivity index (χ4n) is 2.49. The third-order valence-corrected chi connectivity index (χ3v) is 3.63. The lowest BCUT2D eigenvalue weighted by molar-refractivity contribution is 0.341. The van der Waals surface area contributed by atoms with Gasteiger partial charge in [-0.15, -0.1) is 0 Å². The Bertz CT molecular complexity index is 868. The third-order valence-electron chi connectivity index (χ3n) is 3.63. The van der Waals surface area contributed by atoms with Crippen molar-refractivity contribution in [3.63, 3.8) is 0 Å². The molecule has 6 nitrogen and oxygen atoms in total. The Balaban J connectivity index is 1.88. The molecule has 0 saturated carbocycles. The van der Waals surface area contributed by atoms with Crippen LogP contribution in [-0.2, 0) is 0 Å². The van der Waals surface area contributed by atoms with Gasteiger partial charge >= 0.3 is 0 Å². The Morgan fingerprint density at radius 3 is 2.64 bits per heavy atom. The van der Waals surface area contributed by atoms with Crippen LogP contribution in [-0.4, -0.2) is 23.7 Å². The minimum absolute atomic E-state index is 0.559. The number of hydrogen-bond acceptors (Lipinski definition) is 6. The van der Waals surface area contributed by atoms with Crippen molar-refractivity contribution in [3.8, 4) is 22.8 Å². The van der Waals surface area contributed by atoms with Crippen molar-refractivity contribution in [3.05, 3.63) is 54.9 Å². The van der Waals surface area contributed by atoms with Gasteiger partial charge in [-0.3, -0.25) is 0 Å². The largest absolute Gasteiger partial charge is 0.495 e. The minimum Gasteiger partial charge on any atom is -0.495 e. The molecule has 0 amide bonds. The zero-order valence-corrected chi connectivity index (χ0v) is 14.2. The van der Waals surface area contributed by atoms with Crippen molar-refractivity contribution in [2.75, 3.05) is 24.8 Å². The number of para-hydroxylation sites is 1. The van der Waals surface area contributed by atoms with Crippen LogP contribution in [0, 0.1) is 0 Å². The topological polar surface area (TPSA) is 82.3 Å². The number of nitrogens with one attached hydrogen (secondary N) is 1. The molecule has 25 heavy (non-hydrogen) atoms. The molecule has 3 rings (SSSR count). The number of rotatable bonds is 6. The lowest BCUT2D eigenvalue weighted by Crippen LogP contribution is -1.99. The molecule has 1 heterocycles. The highest BCUT2D eigenvalue weighted by Crippen LogP contribution is 2.30. The molecular formula is C19H20N4O2. The number of benzene rings is 2. The van der Waals surface area contributed by atoms with E-state index in [2.05, 4.69) is 15.3 Å². The third kappa shape index (κ3) is 3.80. The molecular weight excluding hydrogens is 316 g/mol. The molecule has 0 fully saturated rings. The van der Waals surface area contributed by atoms with Gasteiger partial charge in [0.2, 0.25) is 0 Å². The van der Waals surface area contributed by atoms with Gasteiger partial charge in [0.25, 0.3) is 0 Å². The zero-order chi connectivity index (χ0) is 17.6. The van der Waals surface area contributed by atoms with E-state index in [1.165, 1.54) is 6.33 Å². The average molecular weight is 336 g/mol. The fourth-order valence-corrected chi connectivity index (χ4v) is 2.49. The molecule has 0 spiro atoms. The second-order valence-corrected chi connectivity index (χ2v) is 5.30. The fraction of sp³-hybridized carbons (Fsp3) is 0.158. The summed E-state index contributed by atoms with van der Waals surface area (Å²) < 4.78 is 10.9. The van der Waals surface area contributed by atoms with Crippen LogP contribution in [0.5, 0.6) is 11.5 Å². The molecule has 1 aromatic heterocycles. The van der Waals surface area contributed by atoms with Crippen LogP contribution in [0.2, 0.25) is 0 Å². The summed E-state index contributed by atoms with van der Waals surface area (Å²) in [7, 11) is 1.59. The molecule has 6 heteroatoms. The standard InChI is InChI=1S/C19H20N4O2/c1-3-25-17-7-5-4-6-14(17)16-11-19(22-12-21-16)23-13-8-9-18(24-2)15(20)10-13/h4-12H,3,20H2,1-2H3,(H,21,22,23). The maximum atomic E-state index is 5.95. The van der Waals surface area contributed by atoms with Crippen molar-refractivity contribution in [2.24, 2.45) is 0 Å². The predicted octanol–water partition coefficient (Wildman–Crippen LogP) is 3.88.